The molecule has 0 saturated carbocycles. The molecule has 6 heteroatoms. The molecule has 92 valence electrons. The normalized spacial score (nSPS) is 9.33. The van der Waals surface area contributed by atoms with Crippen molar-refractivity contribution in [1.82, 2.24) is 9.78 Å². The fourth-order valence-corrected chi connectivity index (χ4v) is 1.59. The molecular weight excluding hydrogens is 254 g/mol. The zero-order valence-electron chi connectivity index (χ0n) is 9.49. The summed E-state index contributed by atoms with van der Waals surface area (Å²) in [5.74, 6) is -1.07. The Hall–Kier alpha value is -2.32. The average molecular weight is 264 g/mol. The standard InChI is InChI=1S/C12H9N3O2.ClH/c1-8-6-11(12(16)17)15(14-8)10-5-3-2-4-9(10)7-13;/h2-6H,1H3,(H,16,17);1H. The number of rotatable bonds is 2. The number of carboxylic acid groups (broad SMARTS) is 1. The number of carboxylic acids is 1. The maximum atomic E-state index is 11.1. The zero-order chi connectivity index (χ0) is 12.4. The van der Waals surface area contributed by atoms with Crippen LogP contribution < -0.4 is 0 Å². The van der Waals surface area contributed by atoms with Gasteiger partial charge in [-0.05, 0) is 25.1 Å². The molecular formula is C12H10ClN3O2. The summed E-state index contributed by atoms with van der Waals surface area (Å²) < 4.78 is 1.27. The van der Waals surface area contributed by atoms with Crippen molar-refractivity contribution < 1.29 is 9.90 Å². The highest BCUT2D eigenvalue weighted by atomic mass is 35.5. The van der Waals surface area contributed by atoms with Crippen LogP contribution >= 0.6 is 12.4 Å². The van der Waals surface area contributed by atoms with Crippen molar-refractivity contribution in [2.45, 2.75) is 6.92 Å². The van der Waals surface area contributed by atoms with Gasteiger partial charge in [-0.15, -0.1) is 12.4 Å². The number of hydrogen-bond donors (Lipinski definition) is 1. The SMILES string of the molecule is Cc1cc(C(=O)O)n(-c2ccccc2C#N)n1.Cl. The summed E-state index contributed by atoms with van der Waals surface area (Å²) in [5.41, 5.74) is 1.50. The van der Waals surface area contributed by atoms with E-state index in [1.165, 1.54) is 10.7 Å². The lowest BCUT2D eigenvalue weighted by molar-refractivity contribution is 0.0687. The fraction of sp³-hybridized carbons (Fsp3) is 0.0833. The third kappa shape index (κ3) is 2.34. The van der Waals surface area contributed by atoms with Gasteiger partial charge in [-0.3, -0.25) is 0 Å². The van der Waals surface area contributed by atoms with Gasteiger partial charge in [-0.2, -0.15) is 10.4 Å². The summed E-state index contributed by atoms with van der Waals surface area (Å²) in [6, 6.07) is 10.2. The maximum Gasteiger partial charge on any atom is 0.354 e. The summed E-state index contributed by atoms with van der Waals surface area (Å²) in [6.07, 6.45) is 0. The summed E-state index contributed by atoms with van der Waals surface area (Å²) in [4.78, 5) is 11.1. The second-order valence-electron chi connectivity index (χ2n) is 3.52. The molecule has 1 heterocycles. The van der Waals surface area contributed by atoms with Crippen molar-refractivity contribution in [3.05, 3.63) is 47.3 Å². The number of aryl methyl sites for hydroxylation is 1. The molecule has 0 bridgehead atoms. The number of benzene rings is 1. The molecule has 0 saturated heterocycles. The summed E-state index contributed by atoms with van der Waals surface area (Å²) >= 11 is 0. The van der Waals surface area contributed by atoms with Gasteiger partial charge in [-0.25, -0.2) is 9.48 Å². The molecule has 2 aromatic rings. The highest BCUT2D eigenvalue weighted by molar-refractivity contribution is 5.86. The van der Waals surface area contributed by atoms with Crippen molar-refractivity contribution >= 4 is 18.4 Å². The Labute approximate surface area is 110 Å². The van der Waals surface area contributed by atoms with Crippen LogP contribution in [-0.2, 0) is 0 Å². The Morgan fingerprint density at radius 1 is 1.44 bits per heavy atom. The van der Waals surface area contributed by atoms with Crippen LogP contribution in [0.2, 0.25) is 0 Å². The Morgan fingerprint density at radius 3 is 2.72 bits per heavy atom. The number of hydrogen-bond acceptors (Lipinski definition) is 3. The van der Waals surface area contributed by atoms with E-state index in [4.69, 9.17) is 10.4 Å². The second-order valence-corrected chi connectivity index (χ2v) is 3.52. The van der Waals surface area contributed by atoms with E-state index in [2.05, 4.69) is 5.10 Å². The van der Waals surface area contributed by atoms with E-state index in [1.807, 2.05) is 6.07 Å². The van der Waals surface area contributed by atoms with E-state index in [1.54, 1.807) is 31.2 Å². The minimum Gasteiger partial charge on any atom is -0.477 e. The van der Waals surface area contributed by atoms with Crippen molar-refractivity contribution in [1.29, 1.82) is 5.26 Å². The van der Waals surface area contributed by atoms with Gasteiger partial charge in [0, 0.05) is 0 Å². The molecule has 0 spiro atoms. The Kier molecular flexibility index (Phi) is 4.08. The largest absolute Gasteiger partial charge is 0.477 e. The van der Waals surface area contributed by atoms with Gasteiger partial charge in [0.15, 0.2) is 5.69 Å². The minimum absolute atomic E-state index is 0. The first kappa shape index (κ1) is 13.7. The monoisotopic (exact) mass is 263 g/mol. The molecule has 1 N–H and O–H groups in total. The Morgan fingerprint density at radius 2 is 2.11 bits per heavy atom. The number of nitriles is 1. The van der Waals surface area contributed by atoms with Crippen molar-refractivity contribution in [2.75, 3.05) is 0 Å². The lowest BCUT2D eigenvalue weighted by Crippen LogP contribution is -2.09. The third-order valence-corrected chi connectivity index (χ3v) is 2.30. The predicted octanol–water partition coefficient (Wildman–Crippen LogP) is 2.17. The molecule has 0 aliphatic rings. The highest BCUT2D eigenvalue weighted by Crippen LogP contribution is 2.16. The molecule has 0 atom stereocenters. The molecule has 0 unspecified atom stereocenters. The third-order valence-electron chi connectivity index (χ3n) is 2.30. The molecule has 0 aliphatic heterocycles. The molecule has 0 amide bonds. The first-order valence-corrected chi connectivity index (χ1v) is 4.93. The number of nitrogens with zero attached hydrogens (tertiary/aromatic N) is 3. The number of para-hydroxylation sites is 1. The Balaban J connectivity index is 0.00000162. The molecule has 2 rings (SSSR count). The van der Waals surface area contributed by atoms with Crippen LogP contribution in [0.5, 0.6) is 0 Å². The molecule has 0 fully saturated rings. The van der Waals surface area contributed by atoms with E-state index < -0.39 is 5.97 Å². The van der Waals surface area contributed by atoms with Crippen molar-refractivity contribution in [3.63, 3.8) is 0 Å². The summed E-state index contributed by atoms with van der Waals surface area (Å²) in [5, 5.41) is 22.1. The minimum atomic E-state index is -1.07. The van der Waals surface area contributed by atoms with Crippen molar-refractivity contribution in [3.8, 4) is 11.8 Å². The molecule has 1 aromatic heterocycles. The van der Waals surface area contributed by atoms with Crippen LogP contribution in [0.25, 0.3) is 5.69 Å². The Bertz CT molecular complexity index is 628. The molecule has 0 aliphatic carbocycles. The quantitative estimate of drug-likeness (QED) is 0.901. The molecule has 5 nitrogen and oxygen atoms in total. The van der Waals surface area contributed by atoms with Crippen LogP contribution in [0.3, 0.4) is 0 Å². The number of aromatic carboxylic acids is 1. The van der Waals surface area contributed by atoms with Gasteiger partial charge in [0.05, 0.1) is 16.9 Å². The summed E-state index contributed by atoms with van der Waals surface area (Å²) in [7, 11) is 0. The summed E-state index contributed by atoms with van der Waals surface area (Å²) in [6.45, 7) is 1.71. The van der Waals surface area contributed by atoms with Gasteiger partial charge >= 0.3 is 5.97 Å². The molecule has 18 heavy (non-hydrogen) atoms. The predicted molar refractivity (Wildman–Crippen MR) is 67.2 cm³/mol. The smallest absolute Gasteiger partial charge is 0.354 e. The van der Waals surface area contributed by atoms with E-state index in [0.29, 0.717) is 16.9 Å². The maximum absolute atomic E-state index is 11.1. The average Bonchev–Trinajstić information content (AvgIpc) is 2.71. The lowest BCUT2D eigenvalue weighted by Gasteiger charge is -2.05. The van der Waals surface area contributed by atoms with Crippen molar-refractivity contribution in [2.24, 2.45) is 0 Å². The second kappa shape index (κ2) is 5.34. The van der Waals surface area contributed by atoms with Gasteiger partial charge in [-0.1, -0.05) is 12.1 Å². The van der Waals surface area contributed by atoms with E-state index >= 15 is 0 Å². The lowest BCUT2D eigenvalue weighted by atomic mass is 10.2. The fourth-order valence-electron chi connectivity index (χ4n) is 1.59. The van der Waals surface area contributed by atoms with Crippen LogP contribution in [0.1, 0.15) is 21.7 Å². The number of carbonyl (C=O) groups is 1. The molecule has 1 aromatic carbocycles. The molecule has 0 radical (unpaired) electrons. The van der Waals surface area contributed by atoms with Gasteiger partial charge in [0.2, 0.25) is 0 Å². The van der Waals surface area contributed by atoms with Crippen LogP contribution in [0.4, 0.5) is 0 Å². The van der Waals surface area contributed by atoms with E-state index in [9.17, 15) is 4.79 Å². The van der Waals surface area contributed by atoms with Gasteiger partial charge < -0.3 is 5.11 Å². The topological polar surface area (TPSA) is 78.9 Å². The van der Waals surface area contributed by atoms with Gasteiger partial charge in [0.1, 0.15) is 6.07 Å². The van der Waals surface area contributed by atoms with Crippen LogP contribution in [0.15, 0.2) is 30.3 Å². The number of aromatic nitrogens is 2. The number of halogens is 1. The van der Waals surface area contributed by atoms with E-state index in [0.717, 1.165) is 0 Å². The van der Waals surface area contributed by atoms with Gasteiger partial charge in [0.25, 0.3) is 0 Å². The first-order chi connectivity index (χ1) is 8.13. The highest BCUT2D eigenvalue weighted by Gasteiger charge is 2.15. The van der Waals surface area contributed by atoms with Crippen LogP contribution in [-0.4, -0.2) is 20.9 Å². The first-order valence-electron chi connectivity index (χ1n) is 4.93. The zero-order valence-corrected chi connectivity index (χ0v) is 10.3. The van der Waals surface area contributed by atoms with E-state index in [-0.39, 0.29) is 18.1 Å². The van der Waals surface area contributed by atoms with Crippen LogP contribution in [0, 0.1) is 18.3 Å².